The Morgan fingerprint density at radius 2 is 2.00 bits per heavy atom. The molecule has 0 radical (unpaired) electrons. The molecule has 11 heteroatoms. The van der Waals surface area contributed by atoms with Gasteiger partial charge >= 0.3 is 6.03 Å². The number of fused-ring (bicyclic) bond motifs is 1. The second-order valence-corrected chi connectivity index (χ2v) is 9.37. The lowest BCUT2D eigenvalue weighted by atomic mass is 10.2. The van der Waals surface area contributed by atoms with E-state index in [2.05, 4.69) is 43.4 Å². The Morgan fingerprint density at radius 3 is 2.78 bits per heavy atom. The number of morpholine rings is 1. The first-order valence-corrected chi connectivity index (χ1v) is 12.2. The summed E-state index contributed by atoms with van der Waals surface area (Å²) in [6, 6.07) is 9.72. The second-order valence-electron chi connectivity index (χ2n) is 9.37. The van der Waals surface area contributed by atoms with E-state index >= 15 is 0 Å². The van der Waals surface area contributed by atoms with Crippen LogP contribution >= 0.6 is 0 Å². The molecule has 1 aromatic carbocycles. The summed E-state index contributed by atoms with van der Waals surface area (Å²) in [7, 11) is 0. The van der Waals surface area contributed by atoms with Crippen LogP contribution in [0.5, 0.6) is 0 Å². The van der Waals surface area contributed by atoms with Gasteiger partial charge in [-0.15, -0.1) is 0 Å². The highest BCUT2D eigenvalue weighted by molar-refractivity contribution is 6.14. The molecular formula is C25H28N8O3. The molecule has 2 aromatic heterocycles. The molecule has 1 aliphatic carbocycles. The molecule has 3 aliphatic rings. The minimum Gasteiger partial charge on any atom is -0.379 e. The van der Waals surface area contributed by atoms with Crippen LogP contribution in [0, 0.1) is 5.92 Å². The van der Waals surface area contributed by atoms with Gasteiger partial charge < -0.3 is 20.7 Å². The van der Waals surface area contributed by atoms with Crippen LogP contribution in [0.3, 0.4) is 0 Å². The fraction of sp³-hybridized carbons (Fsp3) is 0.360. The van der Waals surface area contributed by atoms with Gasteiger partial charge in [-0.25, -0.2) is 9.78 Å². The summed E-state index contributed by atoms with van der Waals surface area (Å²) in [6.07, 6.45) is 5.69. The van der Waals surface area contributed by atoms with Gasteiger partial charge in [0.1, 0.15) is 17.3 Å². The number of rotatable bonds is 8. The Labute approximate surface area is 207 Å². The summed E-state index contributed by atoms with van der Waals surface area (Å²) in [6.45, 7) is 5.14. The lowest BCUT2D eigenvalue weighted by Crippen LogP contribution is -2.35. The molecule has 4 heterocycles. The van der Waals surface area contributed by atoms with E-state index in [9.17, 15) is 9.59 Å². The molecule has 4 N–H and O–H groups in total. The maximum atomic E-state index is 12.0. The molecule has 2 saturated heterocycles. The molecule has 0 unspecified atom stereocenters. The minimum absolute atomic E-state index is 0.165. The van der Waals surface area contributed by atoms with E-state index < -0.39 is 11.9 Å². The quantitative estimate of drug-likeness (QED) is 0.281. The first-order chi connectivity index (χ1) is 17.6. The van der Waals surface area contributed by atoms with E-state index in [1.54, 1.807) is 16.8 Å². The average molecular weight is 489 g/mol. The van der Waals surface area contributed by atoms with Crippen LogP contribution in [0.15, 0.2) is 42.2 Å². The molecule has 3 fully saturated rings. The molecule has 36 heavy (non-hydrogen) atoms. The van der Waals surface area contributed by atoms with Gasteiger partial charge in [-0.1, -0.05) is 12.1 Å². The van der Waals surface area contributed by atoms with Crippen LogP contribution in [0.1, 0.15) is 24.0 Å². The Kier molecular flexibility index (Phi) is 5.99. The van der Waals surface area contributed by atoms with Gasteiger partial charge in [-0.2, -0.15) is 9.61 Å². The van der Waals surface area contributed by atoms with Crippen molar-refractivity contribution in [3.8, 4) is 0 Å². The van der Waals surface area contributed by atoms with Gasteiger partial charge in [0.15, 0.2) is 5.65 Å². The van der Waals surface area contributed by atoms with Crippen molar-refractivity contribution in [3.05, 3.63) is 53.4 Å². The van der Waals surface area contributed by atoms with E-state index in [0.717, 1.165) is 50.9 Å². The zero-order valence-corrected chi connectivity index (χ0v) is 19.8. The van der Waals surface area contributed by atoms with Crippen LogP contribution in [0.2, 0.25) is 0 Å². The highest BCUT2D eigenvalue weighted by Gasteiger charge is 2.24. The summed E-state index contributed by atoms with van der Waals surface area (Å²) in [5.74, 6) is 1.67. The third kappa shape index (κ3) is 5.02. The maximum absolute atomic E-state index is 12.0. The number of carbonyl (C=O) groups is 2. The largest absolute Gasteiger partial charge is 0.379 e. The SMILES string of the molecule is O=C1NC(=O)/C(=C/c2cnn3c(NCC4CC4)cc(Nc4cccc(CN5CCOCC5)c4)nc23)N1. The number of ether oxygens (including phenoxy) is 1. The van der Waals surface area contributed by atoms with E-state index in [4.69, 9.17) is 9.72 Å². The van der Waals surface area contributed by atoms with Crippen molar-refractivity contribution in [2.45, 2.75) is 19.4 Å². The van der Waals surface area contributed by atoms with Crippen molar-refractivity contribution in [3.63, 3.8) is 0 Å². The zero-order valence-electron chi connectivity index (χ0n) is 19.8. The van der Waals surface area contributed by atoms with Crippen LogP contribution in [-0.4, -0.2) is 64.3 Å². The van der Waals surface area contributed by atoms with E-state index in [1.165, 1.54) is 18.4 Å². The number of amides is 3. The van der Waals surface area contributed by atoms with Crippen LogP contribution in [0.4, 0.5) is 22.1 Å². The number of benzene rings is 1. The van der Waals surface area contributed by atoms with Gasteiger partial charge in [0.2, 0.25) is 0 Å². The first kappa shape index (κ1) is 22.5. The van der Waals surface area contributed by atoms with Gasteiger partial charge in [0.05, 0.1) is 19.4 Å². The monoisotopic (exact) mass is 488 g/mol. The normalized spacial score (nSPS) is 19.5. The molecule has 3 aromatic rings. The smallest absolute Gasteiger partial charge is 0.326 e. The van der Waals surface area contributed by atoms with Crippen molar-refractivity contribution >= 4 is 41.0 Å². The lowest BCUT2D eigenvalue weighted by Gasteiger charge is -2.26. The Bertz CT molecular complexity index is 1340. The number of urea groups is 1. The molecule has 6 rings (SSSR count). The zero-order chi connectivity index (χ0) is 24.5. The fourth-order valence-corrected chi connectivity index (χ4v) is 4.39. The average Bonchev–Trinajstić information content (AvgIpc) is 3.54. The van der Waals surface area contributed by atoms with Crippen molar-refractivity contribution in [2.24, 2.45) is 5.92 Å². The van der Waals surface area contributed by atoms with Crippen molar-refractivity contribution < 1.29 is 14.3 Å². The van der Waals surface area contributed by atoms with Crippen LogP contribution in [-0.2, 0) is 16.1 Å². The highest BCUT2D eigenvalue weighted by Crippen LogP contribution is 2.30. The van der Waals surface area contributed by atoms with E-state index in [0.29, 0.717) is 22.9 Å². The summed E-state index contributed by atoms with van der Waals surface area (Å²) in [5, 5.41) is 16.2. The number of nitrogens with zero attached hydrogens (tertiary/aromatic N) is 4. The number of aromatic nitrogens is 3. The summed E-state index contributed by atoms with van der Waals surface area (Å²) >= 11 is 0. The number of carbonyl (C=O) groups excluding carboxylic acids is 2. The van der Waals surface area contributed by atoms with Crippen molar-refractivity contribution in [1.82, 2.24) is 30.1 Å². The van der Waals surface area contributed by atoms with Crippen molar-refractivity contribution in [2.75, 3.05) is 43.5 Å². The molecule has 0 spiro atoms. The topological polar surface area (TPSA) is 125 Å². The number of hydrogen-bond acceptors (Lipinski definition) is 8. The van der Waals surface area contributed by atoms with E-state index in [1.807, 2.05) is 18.2 Å². The number of hydrogen-bond donors (Lipinski definition) is 4. The molecule has 11 nitrogen and oxygen atoms in total. The third-order valence-corrected chi connectivity index (χ3v) is 6.50. The molecule has 186 valence electrons. The molecule has 1 saturated carbocycles. The minimum atomic E-state index is -0.540. The van der Waals surface area contributed by atoms with Gasteiger partial charge in [0.25, 0.3) is 5.91 Å². The predicted octanol–water partition coefficient (Wildman–Crippen LogP) is 2.31. The standard InChI is InChI=1S/C25H28N8O3/c34-24-20(29-25(35)31-24)11-18-14-27-33-22(26-13-16-4-5-16)12-21(30-23(18)33)28-19-3-1-2-17(10-19)15-32-6-8-36-9-7-32/h1-3,10-12,14,16,26H,4-9,13,15H2,(H,28,30)(H2,29,31,34,35)/b20-11-. The van der Waals surface area contributed by atoms with Crippen LogP contribution in [0.25, 0.3) is 11.7 Å². The summed E-state index contributed by atoms with van der Waals surface area (Å²) in [4.78, 5) is 30.7. The number of imide groups is 1. The predicted molar refractivity (Wildman–Crippen MR) is 135 cm³/mol. The highest BCUT2D eigenvalue weighted by atomic mass is 16.5. The molecular weight excluding hydrogens is 460 g/mol. The van der Waals surface area contributed by atoms with Gasteiger partial charge in [-0.3, -0.25) is 15.0 Å². The van der Waals surface area contributed by atoms with E-state index in [-0.39, 0.29) is 5.70 Å². The third-order valence-electron chi connectivity index (χ3n) is 6.50. The Morgan fingerprint density at radius 1 is 1.14 bits per heavy atom. The van der Waals surface area contributed by atoms with Crippen molar-refractivity contribution in [1.29, 1.82) is 0 Å². The molecule has 3 amide bonds. The van der Waals surface area contributed by atoms with Gasteiger partial charge in [0, 0.05) is 43.5 Å². The Hall–Kier alpha value is -3.96. The van der Waals surface area contributed by atoms with Gasteiger partial charge in [-0.05, 0) is 42.5 Å². The summed E-state index contributed by atoms with van der Waals surface area (Å²) in [5.41, 5.74) is 3.52. The maximum Gasteiger partial charge on any atom is 0.326 e. The Balaban J connectivity index is 1.30. The van der Waals surface area contributed by atoms with Crippen LogP contribution < -0.4 is 21.3 Å². The second kappa shape index (κ2) is 9.59. The molecule has 0 bridgehead atoms. The lowest BCUT2D eigenvalue weighted by molar-refractivity contribution is -0.115. The summed E-state index contributed by atoms with van der Waals surface area (Å²) < 4.78 is 7.18. The first-order valence-electron chi connectivity index (χ1n) is 12.2. The number of nitrogens with one attached hydrogen (secondary N) is 4. The molecule has 2 aliphatic heterocycles. The molecule has 0 atom stereocenters. The number of anilines is 3. The fourth-order valence-electron chi connectivity index (χ4n) is 4.39.